The normalized spacial score (nSPS) is 10.3. The van der Waals surface area contributed by atoms with E-state index in [0.717, 1.165) is 0 Å². The Bertz CT molecular complexity index is 346. The predicted octanol–water partition coefficient (Wildman–Crippen LogP) is 1.06. The number of hydrogen-bond donors (Lipinski definition) is 0. The summed E-state index contributed by atoms with van der Waals surface area (Å²) in [5, 5.41) is 7.56. The van der Waals surface area contributed by atoms with E-state index in [1.165, 1.54) is 19.3 Å². The molecule has 5 nitrogen and oxygen atoms in total. The van der Waals surface area contributed by atoms with E-state index in [9.17, 15) is 4.79 Å². The molecule has 80 valence electrons. The van der Waals surface area contributed by atoms with Crippen LogP contribution >= 0.6 is 0 Å². The molecule has 1 aromatic heterocycles. The minimum atomic E-state index is -0.393. The van der Waals surface area contributed by atoms with Crippen LogP contribution in [0.4, 0.5) is 0 Å². The third-order valence-electron chi connectivity index (χ3n) is 1.55. The quantitative estimate of drug-likeness (QED) is 0.547. The first-order valence-corrected chi connectivity index (χ1v) is 4.48. The maximum atomic E-state index is 11.0. The van der Waals surface area contributed by atoms with Crippen molar-refractivity contribution in [3.8, 4) is 5.88 Å². The van der Waals surface area contributed by atoms with Crippen LogP contribution in [0.2, 0.25) is 0 Å². The summed E-state index contributed by atoms with van der Waals surface area (Å²) in [6.45, 7) is 2.11. The number of aromatic nitrogens is 2. The van der Waals surface area contributed by atoms with Crippen LogP contribution < -0.4 is 4.74 Å². The highest BCUT2D eigenvalue weighted by Gasteiger charge is 1.96. The van der Waals surface area contributed by atoms with Crippen LogP contribution in [0.5, 0.6) is 5.88 Å². The van der Waals surface area contributed by atoms with Gasteiger partial charge in [0.05, 0.1) is 19.4 Å². The molecule has 0 amide bonds. The highest BCUT2D eigenvalue weighted by molar-refractivity contribution is 5.86. The van der Waals surface area contributed by atoms with Crippen molar-refractivity contribution >= 4 is 12.0 Å². The van der Waals surface area contributed by atoms with Crippen molar-refractivity contribution in [1.82, 2.24) is 10.2 Å². The van der Waals surface area contributed by atoms with Crippen molar-refractivity contribution in [2.75, 3.05) is 13.7 Å². The lowest BCUT2D eigenvalue weighted by molar-refractivity contribution is -0.137. The van der Waals surface area contributed by atoms with Crippen molar-refractivity contribution in [1.29, 1.82) is 0 Å². The van der Waals surface area contributed by atoms with Gasteiger partial charge >= 0.3 is 5.97 Å². The fourth-order valence-corrected chi connectivity index (χ4v) is 0.872. The van der Waals surface area contributed by atoms with Crippen molar-refractivity contribution in [3.05, 3.63) is 23.9 Å². The molecule has 0 spiro atoms. The highest BCUT2D eigenvalue weighted by atomic mass is 16.5. The van der Waals surface area contributed by atoms with Crippen molar-refractivity contribution in [2.45, 2.75) is 6.92 Å². The summed E-state index contributed by atoms with van der Waals surface area (Å²) in [4.78, 5) is 11.0. The summed E-state index contributed by atoms with van der Waals surface area (Å²) in [5.74, 6) is 0.0402. The van der Waals surface area contributed by atoms with E-state index in [4.69, 9.17) is 9.47 Å². The summed E-state index contributed by atoms with van der Waals surface area (Å²) >= 11 is 0. The molecular formula is C10H12N2O3. The average molecular weight is 208 g/mol. The molecule has 0 radical (unpaired) electrons. The number of methoxy groups -OCH3 is 1. The van der Waals surface area contributed by atoms with Gasteiger partial charge in [-0.05, 0) is 19.1 Å². The second kappa shape index (κ2) is 5.74. The topological polar surface area (TPSA) is 61.3 Å². The molecule has 15 heavy (non-hydrogen) atoms. The molecule has 0 N–H and O–H groups in total. The fourth-order valence-electron chi connectivity index (χ4n) is 0.872. The van der Waals surface area contributed by atoms with Gasteiger partial charge in [0.1, 0.15) is 0 Å². The Morgan fingerprint density at radius 3 is 2.80 bits per heavy atom. The highest BCUT2D eigenvalue weighted by Crippen LogP contribution is 2.04. The largest absolute Gasteiger partial charge is 0.480 e. The molecule has 0 saturated carbocycles. The zero-order valence-corrected chi connectivity index (χ0v) is 8.64. The first kappa shape index (κ1) is 11.2. The van der Waals surface area contributed by atoms with Gasteiger partial charge in [0.2, 0.25) is 5.88 Å². The van der Waals surface area contributed by atoms with Crippen LogP contribution in [0.25, 0.3) is 6.08 Å². The molecule has 0 saturated heterocycles. The Morgan fingerprint density at radius 2 is 2.27 bits per heavy atom. The van der Waals surface area contributed by atoms with E-state index in [0.29, 0.717) is 18.2 Å². The van der Waals surface area contributed by atoms with Gasteiger partial charge in [0.25, 0.3) is 0 Å². The number of carbonyl (C=O) groups excluding carboxylic acids is 1. The summed E-state index contributed by atoms with van der Waals surface area (Å²) in [5.41, 5.74) is 0.573. The van der Waals surface area contributed by atoms with E-state index >= 15 is 0 Å². The van der Waals surface area contributed by atoms with Crippen molar-refractivity contribution < 1.29 is 14.3 Å². The van der Waals surface area contributed by atoms with Crippen LogP contribution in [0.15, 0.2) is 18.2 Å². The molecule has 0 bridgehead atoms. The molecule has 0 fully saturated rings. The second-order valence-electron chi connectivity index (χ2n) is 2.59. The Kier molecular flexibility index (Phi) is 4.28. The molecule has 0 unspecified atom stereocenters. The number of hydrogen-bond acceptors (Lipinski definition) is 5. The number of ether oxygens (including phenoxy) is 2. The minimum absolute atomic E-state index is 0.359. The van der Waals surface area contributed by atoms with Gasteiger partial charge < -0.3 is 9.47 Å². The van der Waals surface area contributed by atoms with Gasteiger partial charge in [-0.2, -0.15) is 0 Å². The maximum Gasteiger partial charge on any atom is 0.330 e. The molecule has 0 atom stereocenters. The molecule has 0 aliphatic heterocycles. The Hall–Kier alpha value is -1.91. The zero-order chi connectivity index (χ0) is 11.1. The van der Waals surface area contributed by atoms with E-state index in [1.54, 1.807) is 19.1 Å². The van der Waals surface area contributed by atoms with Gasteiger partial charge in [0, 0.05) is 12.1 Å². The fraction of sp³-hybridized carbons (Fsp3) is 0.300. The zero-order valence-electron chi connectivity index (χ0n) is 8.64. The molecular weight excluding hydrogens is 196 g/mol. The monoisotopic (exact) mass is 208 g/mol. The van der Waals surface area contributed by atoms with Gasteiger partial charge in [-0.25, -0.2) is 4.79 Å². The summed E-state index contributed by atoms with van der Waals surface area (Å²) in [6, 6.07) is 3.36. The van der Waals surface area contributed by atoms with Crippen molar-refractivity contribution in [2.24, 2.45) is 0 Å². The predicted molar refractivity (Wildman–Crippen MR) is 54.3 cm³/mol. The third kappa shape index (κ3) is 3.76. The van der Waals surface area contributed by atoms with Gasteiger partial charge in [-0.1, -0.05) is 0 Å². The van der Waals surface area contributed by atoms with E-state index in [1.807, 2.05) is 0 Å². The Labute approximate surface area is 87.7 Å². The van der Waals surface area contributed by atoms with Gasteiger partial charge in [-0.3, -0.25) is 0 Å². The van der Waals surface area contributed by atoms with Crippen LogP contribution in [0.1, 0.15) is 12.6 Å². The lowest BCUT2D eigenvalue weighted by Gasteiger charge is -1.96. The Balaban J connectivity index is 2.60. The molecule has 0 aliphatic carbocycles. The van der Waals surface area contributed by atoms with E-state index in [-0.39, 0.29) is 0 Å². The summed E-state index contributed by atoms with van der Waals surface area (Å²) in [7, 11) is 1.51. The third-order valence-corrected chi connectivity index (χ3v) is 1.55. The first-order valence-electron chi connectivity index (χ1n) is 4.48. The maximum absolute atomic E-state index is 11.0. The Morgan fingerprint density at radius 1 is 1.47 bits per heavy atom. The van der Waals surface area contributed by atoms with Crippen LogP contribution in [0.3, 0.4) is 0 Å². The smallest absolute Gasteiger partial charge is 0.330 e. The van der Waals surface area contributed by atoms with Crippen LogP contribution in [-0.4, -0.2) is 29.9 Å². The molecule has 5 heteroatoms. The molecule has 0 aromatic carbocycles. The van der Waals surface area contributed by atoms with Gasteiger partial charge in [-0.15, -0.1) is 10.2 Å². The standard InChI is InChI=1S/C10H12N2O3/c1-3-15-10(13)7-5-8-4-6-9(14-2)12-11-8/h4-7H,3H2,1-2H3. The first-order chi connectivity index (χ1) is 7.26. The minimum Gasteiger partial charge on any atom is -0.480 e. The number of nitrogens with zero attached hydrogens (tertiary/aromatic N) is 2. The van der Waals surface area contributed by atoms with Crippen molar-refractivity contribution in [3.63, 3.8) is 0 Å². The number of carbonyl (C=O) groups is 1. The lowest BCUT2D eigenvalue weighted by Crippen LogP contribution is -1.99. The van der Waals surface area contributed by atoms with Gasteiger partial charge in [0.15, 0.2) is 0 Å². The number of esters is 1. The molecule has 1 rings (SSSR count). The SMILES string of the molecule is CCOC(=O)C=Cc1ccc(OC)nn1. The van der Waals surface area contributed by atoms with E-state index in [2.05, 4.69) is 10.2 Å². The average Bonchev–Trinajstić information content (AvgIpc) is 2.27. The number of rotatable bonds is 4. The molecule has 0 aliphatic rings. The second-order valence-corrected chi connectivity index (χ2v) is 2.59. The lowest BCUT2D eigenvalue weighted by atomic mass is 10.3. The molecule has 1 aromatic rings. The van der Waals surface area contributed by atoms with Crippen LogP contribution in [0, 0.1) is 0 Å². The van der Waals surface area contributed by atoms with E-state index < -0.39 is 5.97 Å². The summed E-state index contributed by atoms with van der Waals surface area (Å²) in [6.07, 6.45) is 2.84. The summed E-state index contributed by atoms with van der Waals surface area (Å²) < 4.78 is 9.55. The molecule has 1 heterocycles. The van der Waals surface area contributed by atoms with Crippen LogP contribution in [-0.2, 0) is 9.53 Å².